The number of benzene rings is 1. The summed E-state index contributed by atoms with van der Waals surface area (Å²) in [6, 6.07) is 10.0. The fourth-order valence-corrected chi connectivity index (χ4v) is 4.03. The van der Waals surface area contributed by atoms with Crippen molar-refractivity contribution >= 4 is 27.3 Å². The van der Waals surface area contributed by atoms with E-state index in [9.17, 15) is 8.42 Å². The summed E-state index contributed by atoms with van der Waals surface area (Å²) in [6.45, 7) is 7.81. The number of nitrogens with one attached hydrogen (secondary N) is 1. The second-order valence-electron chi connectivity index (χ2n) is 6.44. The molecule has 0 aliphatic carbocycles. The van der Waals surface area contributed by atoms with E-state index < -0.39 is 10.0 Å². The van der Waals surface area contributed by atoms with Gasteiger partial charge in [-0.3, -0.25) is 0 Å². The number of hydrogen-bond donors (Lipinski definition) is 1. The lowest BCUT2D eigenvalue weighted by Gasteiger charge is -2.34. The van der Waals surface area contributed by atoms with Crippen LogP contribution < -0.4 is 10.2 Å². The summed E-state index contributed by atoms with van der Waals surface area (Å²) in [7, 11) is -3.13. The normalized spacial score (nSPS) is 15.9. The van der Waals surface area contributed by atoms with Gasteiger partial charge < -0.3 is 10.2 Å². The first-order valence-corrected chi connectivity index (χ1v) is 10.4. The summed E-state index contributed by atoms with van der Waals surface area (Å²) in [5, 5.41) is 3.31. The molecule has 0 atom stereocenters. The van der Waals surface area contributed by atoms with Crippen molar-refractivity contribution in [2.24, 2.45) is 0 Å². The van der Waals surface area contributed by atoms with Crippen LogP contribution in [0, 0.1) is 13.8 Å². The van der Waals surface area contributed by atoms with E-state index >= 15 is 0 Å². The number of piperazine rings is 1. The molecule has 1 aliphatic rings. The molecule has 0 spiro atoms. The average Bonchev–Trinajstić information content (AvgIpc) is 2.63. The van der Waals surface area contributed by atoms with Gasteiger partial charge in [0.05, 0.1) is 5.75 Å². The van der Waals surface area contributed by atoms with Crippen molar-refractivity contribution in [3.63, 3.8) is 0 Å². The molecule has 1 fully saturated rings. The summed E-state index contributed by atoms with van der Waals surface area (Å²) in [4.78, 5) is 11.1. The van der Waals surface area contributed by atoms with Crippen LogP contribution in [0.1, 0.15) is 18.3 Å². The zero-order valence-corrected chi connectivity index (χ0v) is 16.3. The lowest BCUT2D eigenvalue weighted by Crippen LogP contribution is -2.49. The first-order valence-electron chi connectivity index (χ1n) is 8.79. The van der Waals surface area contributed by atoms with Crippen LogP contribution in [0.3, 0.4) is 0 Å². The largest absolute Gasteiger partial charge is 0.354 e. The molecule has 8 heteroatoms. The lowest BCUT2D eigenvalue weighted by atomic mass is 10.2. The van der Waals surface area contributed by atoms with E-state index in [1.165, 1.54) is 5.56 Å². The number of nitrogens with zero attached hydrogens (tertiary/aromatic N) is 4. The molecule has 2 heterocycles. The van der Waals surface area contributed by atoms with Crippen molar-refractivity contribution in [3.05, 3.63) is 41.7 Å². The molecule has 7 nitrogen and oxygen atoms in total. The molecular formula is C18H25N5O2S. The molecule has 140 valence electrons. The van der Waals surface area contributed by atoms with Gasteiger partial charge in [-0.1, -0.05) is 17.7 Å². The molecule has 2 aromatic rings. The Kier molecular flexibility index (Phi) is 5.43. The van der Waals surface area contributed by atoms with E-state index in [2.05, 4.69) is 27.1 Å². The molecule has 26 heavy (non-hydrogen) atoms. The zero-order chi connectivity index (χ0) is 18.7. The quantitative estimate of drug-likeness (QED) is 0.864. The van der Waals surface area contributed by atoms with Crippen molar-refractivity contribution in [2.45, 2.75) is 20.8 Å². The summed E-state index contributed by atoms with van der Waals surface area (Å²) in [6.07, 6.45) is 0. The van der Waals surface area contributed by atoms with Crippen molar-refractivity contribution in [3.8, 4) is 0 Å². The summed E-state index contributed by atoms with van der Waals surface area (Å²) < 4.78 is 25.6. The Morgan fingerprint density at radius 1 is 1.04 bits per heavy atom. The van der Waals surface area contributed by atoms with Gasteiger partial charge in [0.1, 0.15) is 17.5 Å². The smallest absolute Gasteiger partial charge is 0.213 e. The fourth-order valence-electron chi connectivity index (χ4n) is 2.94. The highest BCUT2D eigenvalue weighted by molar-refractivity contribution is 7.89. The Morgan fingerprint density at radius 3 is 2.31 bits per heavy atom. The monoisotopic (exact) mass is 375 g/mol. The number of aryl methyl sites for hydroxylation is 2. The van der Waals surface area contributed by atoms with Crippen molar-refractivity contribution in [2.75, 3.05) is 42.1 Å². The van der Waals surface area contributed by atoms with Crippen molar-refractivity contribution < 1.29 is 8.42 Å². The molecule has 0 saturated carbocycles. The van der Waals surface area contributed by atoms with Gasteiger partial charge in [-0.25, -0.2) is 18.4 Å². The Balaban J connectivity index is 1.73. The van der Waals surface area contributed by atoms with Gasteiger partial charge >= 0.3 is 0 Å². The van der Waals surface area contributed by atoms with Gasteiger partial charge in [0.15, 0.2) is 0 Å². The SMILES string of the molecule is CCS(=O)(=O)N1CCN(c2cc(Nc3ccc(C)cc3)nc(C)n2)CC1. The molecule has 1 aromatic carbocycles. The summed E-state index contributed by atoms with van der Waals surface area (Å²) in [5.74, 6) is 2.38. The molecule has 1 N–H and O–H groups in total. The van der Waals surface area contributed by atoms with E-state index in [-0.39, 0.29) is 5.75 Å². The Hall–Kier alpha value is -2.19. The average molecular weight is 375 g/mol. The van der Waals surface area contributed by atoms with Crippen LogP contribution in [-0.2, 0) is 10.0 Å². The molecule has 1 saturated heterocycles. The van der Waals surface area contributed by atoms with Crippen LogP contribution in [0.4, 0.5) is 17.3 Å². The van der Waals surface area contributed by atoms with Gasteiger partial charge in [-0.05, 0) is 32.9 Å². The predicted octanol–water partition coefficient (Wildman–Crippen LogP) is 2.31. The molecule has 3 rings (SSSR count). The zero-order valence-electron chi connectivity index (χ0n) is 15.4. The van der Waals surface area contributed by atoms with Gasteiger partial charge in [0, 0.05) is 37.9 Å². The second kappa shape index (κ2) is 7.59. The van der Waals surface area contributed by atoms with Crippen LogP contribution in [0.15, 0.2) is 30.3 Å². The van der Waals surface area contributed by atoms with E-state index in [4.69, 9.17) is 0 Å². The van der Waals surface area contributed by atoms with Gasteiger partial charge in [0.2, 0.25) is 10.0 Å². The maximum atomic E-state index is 12.0. The van der Waals surface area contributed by atoms with Crippen LogP contribution in [0.25, 0.3) is 0 Å². The van der Waals surface area contributed by atoms with Crippen LogP contribution in [0.2, 0.25) is 0 Å². The Bertz CT molecular complexity index is 860. The Labute approximate surface area is 155 Å². The van der Waals surface area contributed by atoms with Gasteiger partial charge in [-0.15, -0.1) is 0 Å². The highest BCUT2D eigenvalue weighted by Gasteiger charge is 2.26. The molecule has 1 aliphatic heterocycles. The molecule has 0 bridgehead atoms. The molecule has 0 unspecified atom stereocenters. The van der Waals surface area contributed by atoms with Gasteiger partial charge in [0.25, 0.3) is 0 Å². The van der Waals surface area contributed by atoms with E-state index in [1.807, 2.05) is 37.3 Å². The number of anilines is 3. The summed E-state index contributed by atoms with van der Waals surface area (Å²) >= 11 is 0. The van der Waals surface area contributed by atoms with E-state index in [1.54, 1.807) is 11.2 Å². The van der Waals surface area contributed by atoms with Crippen LogP contribution in [0.5, 0.6) is 0 Å². The summed E-state index contributed by atoms with van der Waals surface area (Å²) in [5.41, 5.74) is 2.17. The van der Waals surface area contributed by atoms with Crippen molar-refractivity contribution in [1.82, 2.24) is 14.3 Å². The first kappa shape index (κ1) is 18.6. The first-order chi connectivity index (χ1) is 12.4. The maximum Gasteiger partial charge on any atom is 0.213 e. The fraction of sp³-hybridized carbons (Fsp3) is 0.444. The third-order valence-electron chi connectivity index (χ3n) is 4.47. The second-order valence-corrected chi connectivity index (χ2v) is 8.69. The minimum absolute atomic E-state index is 0.143. The van der Waals surface area contributed by atoms with Crippen LogP contribution in [-0.4, -0.2) is 54.6 Å². The van der Waals surface area contributed by atoms with Crippen molar-refractivity contribution in [1.29, 1.82) is 0 Å². The lowest BCUT2D eigenvalue weighted by molar-refractivity contribution is 0.384. The Morgan fingerprint density at radius 2 is 1.69 bits per heavy atom. The van der Waals surface area contributed by atoms with E-state index in [0.717, 1.165) is 17.3 Å². The topological polar surface area (TPSA) is 78.4 Å². The minimum Gasteiger partial charge on any atom is -0.354 e. The third kappa shape index (κ3) is 4.31. The molecule has 1 aromatic heterocycles. The third-order valence-corrected chi connectivity index (χ3v) is 6.35. The minimum atomic E-state index is -3.13. The predicted molar refractivity (Wildman–Crippen MR) is 104 cm³/mol. The highest BCUT2D eigenvalue weighted by atomic mass is 32.2. The van der Waals surface area contributed by atoms with E-state index in [0.29, 0.717) is 32.0 Å². The standard InChI is InChI=1S/C18H25N5O2S/c1-4-26(24,25)23-11-9-22(10-12-23)18-13-17(19-15(3)20-18)21-16-7-5-14(2)6-8-16/h5-8,13H,4,9-12H2,1-3H3,(H,19,20,21). The highest BCUT2D eigenvalue weighted by Crippen LogP contribution is 2.21. The van der Waals surface area contributed by atoms with Gasteiger partial charge in [-0.2, -0.15) is 4.31 Å². The molecule has 0 radical (unpaired) electrons. The maximum absolute atomic E-state index is 12.0. The van der Waals surface area contributed by atoms with Crippen LogP contribution >= 0.6 is 0 Å². The molecule has 0 amide bonds. The number of sulfonamides is 1. The molecular weight excluding hydrogens is 350 g/mol. The number of aromatic nitrogens is 2. The number of hydrogen-bond acceptors (Lipinski definition) is 6. The number of rotatable bonds is 5.